The first-order valence-corrected chi connectivity index (χ1v) is 35.7. The number of allylic oxidation sites excluding steroid dienone is 16. The van der Waals surface area contributed by atoms with Crippen LogP contribution in [0.15, 0.2) is 97.2 Å². The quantitative estimate of drug-likeness (QED) is 0.0261. The summed E-state index contributed by atoms with van der Waals surface area (Å²) in [5, 5.41) is 0. The van der Waals surface area contributed by atoms with Gasteiger partial charge in [0.2, 0.25) is 0 Å². The van der Waals surface area contributed by atoms with Crippen LogP contribution in [0.4, 0.5) is 0 Å². The van der Waals surface area contributed by atoms with Gasteiger partial charge in [-0.2, -0.15) is 0 Å². The van der Waals surface area contributed by atoms with Crippen molar-refractivity contribution < 1.29 is 28.6 Å². The molecule has 0 heterocycles. The van der Waals surface area contributed by atoms with Crippen LogP contribution in [-0.4, -0.2) is 37.2 Å². The zero-order valence-corrected chi connectivity index (χ0v) is 54.9. The molecule has 0 spiro atoms. The fourth-order valence-corrected chi connectivity index (χ4v) is 10.2. The molecule has 0 radical (unpaired) electrons. The molecule has 478 valence electrons. The van der Waals surface area contributed by atoms with Gasteiger partial charge < -0.3 is 14.2 Å². The molecule has 0 aliphatic rings. The molecule has 0 bridgehead atoms. The molecular formula is C77H134O6. The lowest BCUT2D eigenvalue weighted by molar-refractivity contribution is -0.167. The molecule has 0 amide bonds. The van der Waals surface area contributed by atoms with Crippen LogP contribution in [0.1, 0.15) is 355 Å². The molecule has 0 aromatic rings. The van der Waals surface area contributed by atoms with E-state index in [4.69, 9.17) is 14.2 Å². The maximum atomic E-state index is 13.0. The van der Waals surface area contributed by atoms with E-state index in [1.54, 1.807) is 0 Å². The standard InChI is InChI=1S/C77H134O6/c1-4-7-10-13-16-19-22-25-28-30-32-34-35-36-37-38-39-40-41-43-44-46-49-52-55-58-61-64-67-70-76(79)82-73-74(72-81-75(78)69-66-63-60-57-54-51-48-27-24-21-18-15-12-9-6-3)83-77(80)71-68-65-62-59-56-53-50-47-45-42-33-31-29-26-23-20-17-14-11-8-5-2/h8,11,17,20,22,25-27,29-30,32-33,35-36,42,48,74H,4-7,9-10,12-16,18-19,21,23-24,28,31,34,37-41,43-47,49-73H2,1-3H3/b11-8-,20-17-,25-22-,29-26-,32-30-,36-35-,42-33-,48-27-. The van der Waals surface area contributed by atoms with Gasteiger partial charge >= 0.3 is 17.9 Å². The van der Waals surface area contributed by atoms with E-state index in [1.165, 1.54) is 205 Å². The van der Waals surface area contributed by atoms with Crippen molar-refractivity contribution in [2.45, 2.75) is 361 Å². The Bertz CT molecular complexity index is 1610. The van der Waals surface area contributed by atoms with Crippen LogP contribution in [0.2, 0.25) is 0 Å². The van der Waals surface area contributed by atoms with E-state index >= 15 is 0 Å². The number of ether oxygens (including phenoxy) is 3. The minimum atomic E-state index is -0.788. The number of unbranched alkanes of at least 4 members (excludes halogenated alkanes) is 38. The molecule has 0 aromatic carbocycles. The topological polar surface area (TPSA) is 78.9 Å². The van der Waals surface area contributed by atoms with Crippen LogP contribution in [0.3, 0.4) is 0 Å². The smallest absolute Gasteiger partial charge is 0.306 e. The van der Waals surface area contributed by atoms with E-state index in [0.29, 0.717) is 19.3 Å². The van der Waals surface area contributed by atoms with Gasteiger partial charge in [0.25, 0.3) is 0 Å². The number of esters is 3. The Morgan fingerprint density at radius 1 is 0.253 bits per heavy atom. The first-order valence-electron chi connectivity index (χ1n) is 35.7. The SMILES string of the molecule is CC/C=C\C/C=C\C/C=C\C/C=C\CCCCCCCCCCC(=O)OC(COC(=O)CCCCCCC/C=C\CCCCCCCC)COC(=O)CCCCCCCCCCCCCCCC/C=C\C/C=C\C/C=C\CCCCCCC. The van der Waals surface area contributed by atoms with E-state index in [1.807, 2.05) is 0 Å². The van der Waals surface area contributed by atoms with Crippen LogP contribution in [0, 0.1) is 0 Å². The first kappa shape index (κ1) is 79.3. The molecule has 0 rings (SSSR count). The molecule has 1 atom stereocenters. The fraction of sp³-hybridized carbons (Fsp3) is 0.753. The maximum absolute atomic E-state index is 13.0. The summed E-state index contributed by atoms with van der Waals surface area (Å²) in [4.78, 5) is 38.5. The third-order valence-electron chi connectivity index (χ3n) is 15.5. The molecule has 0 aliphatic heterocycles. The van der Waals surface area contributed by atoms with Crippen LogP contribution < -0.4 is 0 Å². The summed E-state index contributed by atoms with van der Waals surface area (Å²) in [5.74, 6) is -0.883. The van der Waals surface area contributed by atoms with Crippen molar-refractivity contribution in [3.63, 3.8) is 0 Å². The predicted octanol–water partition coefficient (Wildman–Crippen LogP) is 24.8. The van der Waals surface area contributed by atoms with Crippen molar-refractivity contribution in [3.05, 3.63) is 97.2 Å². The van der Waals surface area contributed by atoms with Crippen molar-refractivity contribution in [1.29, 1.82) is 0 Å². The lowest BCUT2D eigenvalue weighted by atomic mass is 10.0. The molecule has 0 fully saturated rings. The second-order valence-electron chi connectivity index (χ2n) is 23.8. The Labute approximate surface area is 515 Å². The summed E-state index contributed by atoms with van der Waals surface area (Å²) in [6.07, 6.45) is 95.7. The van der Waals surface area contributed by atoms with Crippen molar-refractivity contribution in [2.24, 2.45) is 0 Å². The van der Waals surface area contributed by atoms with E-state index in [0.717, 1.165) is 109 Å². The Kier molecular flexibility index (Phi) is 67.7. The fourth-order valence-electron chi connectivity index (χ4n) is 10.2. The molecule has 0 aromatic heterocycles. The third kappa shape index (κ3) is 69.0. The molecule has 0 aliphatic carbocycles. The molecule has 1 unspecified atom stereocenters. The highest BCUT2D eigenvalue weighted by Crippen LogP contribution is 2.17. The van der Waals surface area contributed by atoms with E-state index in [9.17, 15) is 14.4 Å². The van der Waals surface area contributed by atoms with Crippen molar-refractivity contribution in [3.8, 4) is 0 Å². The average molecular weight is 1160 g/mol. The summed E-state index contributed by atoms with van der Waals surface area (Å²) < 4.78 is 17.0. The van der Waals surface area contributed by atoms with Gasteiger partial charge in [-0.25, -0.2) is 0 Å². The first-order chi connectivity index (χ1) is 41.0. The number of carbonyl (C=O) groups is 3. The molecule has 0 N–H and O–H groups in total. The molecule has 0 saturated heterocycles. The van der Waals surface area contributed by atoms with Crippen LogP contribution in [-0.2, 0) is 28.6 Å². The Balaban J connectivity index is 4.30. The summed E-state index contributed by atoms with van der Waals surface area (Å²) in [6, 6.07) is 0. The van der Waals surface area contributed by atoms with Gasteiger partial charge in [-0.05, 0) is 122 Å². The highest BCUT2D eigenvalue weighted by Gasteiger charge is 2.19. The van der Waals surface area contributed by atoms with Crippen LogP contribution in [0.25, 0.3) is 0 Å². The van der Waals surface area contributed by atoms with Crippen LogP contribution >= 0.6 is 0 Å². The zero-order valence-electron chi connectivity index (χ0n) is 54.9. The summed E-state index contributed by atoms with van der Waals surface area (Å²) in [5.41, 5.74) is 0. The van der Waals surface area contributed by atoms with Crippen molar-refractivity contribution >= 4 is 17.9 Å². The van der Waals surface area contributed by atoms with Gasteiger partial charge in [-0.15, -0.1) is 0 Å². The summed E-state index contributed by atoms with van der Waals surface area (Å²) >= 11 is 0. The Morgan fingerprint density at radius 3 is 0.747 bits per heavy atom. The zero-order chi connectivity index (χ0) is 59.9. The minimum absolute atomic E-state index is 0.0819. The van der Waals surface area contributed by atoms with E-state index in [-0.39, 0.29) is 31.1 Å². The summed E-state index contributed by atoms with van der Waals surface area (Å²) in [7, 11) is 0. The molecule has 83 heavy (non-hydrogen) atoms. The molecule has 0 saturated carbocycles. The second kappa shape index (κ2) is 70.8. The highest BCUT2D eigenvalue weighted by molar-refractivity contribution is 5.71. The van der Waals surface area contributed by atoms with Gasteiger partial charge in [0.15, 0.2) is 6.10 Å². The molecule has 6 nitrogen and oxygen atoms in total. The predicted molar refractivity (Wildman–Crippen MR) is 362 cm³/mol. The van der Waals surface area contributed by atoms with E-state index < -0.39 is 6.10 Å². The number of hydrogen-bond donors (Lipinski definition) is 0. The lowest BCUT2D eigenvalue weighted by Crippen LogP contribution is -2.30. The van der Waals surface area contributed by atoms with Crippen molar-refractivity contribution in [1.82, 2.24) is 0 Å². The van der Waals surface area contributed by atoms with Gasteiger partial charge in [0.05, 0.1) is 0 Å². The van der Waals surface area contributed by atoms with Gasteiger partial charge in [-0.1, -0.05) is 311 Å². The minimum Gasteiger partial charge on any atom is -0.462 e. The van der Waals surface area contributed by atoms with Crippen LogP contribution in [0.5, 0.6) is 0 Å². The van der Waals surface area contributed by atoms with Gasteiger partial charge in [0, 0.05) is 19.3 Å². The Hall–Kier alpha value is -3.67. The van der Waals surface area contributed by atoms with Gasteiger partial charge in [0.1, 0.15) is 13.2 Å². The third-order valence-corrected chi connectivity index (χ3v) is 15.5. The van der Waals surface area contributed by atoms with E-state index in [2.05, 4.69) is 118 Å². The number of rotatable bonds is 65. The van der Waals surface area contributed by atoms with Gasteiger partial charge in [-0.3, -0.25) is 14.4 Å². The number of carbonyl (C=O) groups excluding carboxylic acids is 3. The van der Waals surface area contributed by atoms with Crippen molar-refractivity contribution in [2.75, 3.05) is 13.2 Å². The molecule has 6 heteroatoms. The lowest BCUT2D eigenvalue weighted by Gasteiger charge is -2.18. The molecular weight excluding hydrogens is 1020 g/mol. The Morgan fingerprint density at radius 2 is 0.470 bits per heavy atom. The largest absolute Gasteiger partial charge is 0.462 e. The number of hydrogen-bond acceptors (Lipinski definition) is 6. The highest BCUT2D eigenvalue weighted by atomic mass is 16.6. The monoisotopic (exact) mass is 1160 g/mol. The summed E-state index contributed by atoms with van der Waals surface area (Å²) in [6.45, 7) is 6.54. The second-order valence-corrected chi connectivity index (χ2v) is 23.8. The average Bonchev–Trinajstić information content (AvgIpc) is 3.49. The normalized spacial score (nSPS) is 12.7. The maximum Gasteiger partial charge on any atom is 0.306 e.